The fourth-order valence-electron chi connectivity index (χ4n) is 1.75. The van der Waals surface area contributed by atoms with Gasteiger partial charge in [-0.05, 0) is 29.3 Å². The molecular formula is C14H13ClN2O. The van der Waals surface area contributed by atoms with E-state index in [0.29, 0.717) is 23.6 Å². The average Bonchev–Trinajstić information content (AvgIpc) is 2.32. The minimum atomic E-state index is 0.105. The zero-order valence-electron chi connectivity index (χ0n) is 9.77. The van der Waals surface area contributed by atoms with Crippen LogP contribution in [-0.2, 0) is 17.6 Å². The number of carbonyl (C=O) groups excluding carboxylic acids is 1. The number of nitrogens with two attached hydrogens (primary N) is 1. The summed E-state index contributed by atoms with van der Waals surface area (Å²) in [5, 5.41) is 0.526. The third-order valence-electron chi connectivity index (χ3n) is 2.60. The molecule has 1 aromatic carbocycles. The summed E-state index contributed by atoms with van der Waals surface area (Å²) in [7, 11) is 0. The van der Waals surface area contributed by atoms with Gasteiger partial charge in [-0.3, -0.25) is 9.78 Å². The molecule has 0 saturated heterocycles. The van der Waals surface area contributed by atoms with E-state index in [9.17, 15) is 4.79 Å². The van der Waals surface area contributed by atoms with Gasteiger partial charge >= 0.3 is 0 Å². The van der Waals surface area contributed by atoms with Crippen LogP contribution in [0.2, 0.25) is 5.02 Å². The Morgan fingerprint density at radius 3 is 2.83 bits per heavy atom. The lowest BCUT2D eigenvalue weighted by atomic mass is 10.0. The Morgan fingerprint density at radius 2 is 2.11 bits per heavy atom. The molecule has 2 aromatic rings. The molecule has 0 spiro atoms. The average molecular weight is 261 g/mol. The number of ketones is 1. The van der Waals surface area contributed by atoms with Gasteiger partial charge in [-0.25, -0.2) is 0 Å². The molecule has 0 radical (unpaired) electrons. The van der Waals surface area contributed by atoms with Gasteiger partial charge in [0.25, 0.3) is 0 Å². The Hall–Kier alpha value is -1.87. The number of halogens is 1. The maximum absolute atomic E-state index is 11.9. The predicted molar refractivity (Wildman–Crippen MR) is 72.5 cm³/mol. The summed E-state index contributed by atoms with van der Waals surface area (Å²) >= 11 is 5.96. The van der Waals surface area contributed by atoms with Crippen LogP contribution in [-0.4, -0.2) is 10.8 Å². The molecule has 2 N–H and O–H groups in total. The maximum Gasteiger partial charge on any atom is 0.141 e. The third-order valence-corrected chi connectivity index (χ3v) is 2.94. The Kier molecular flexibility index (Phi) is 3.95. The number of rotatable bonds is 4. The first-order chi connectivity index (χ1) is 8.65. The number of anilines is 1. The number of nitrogens with zero attached hydrogens (tertiary/aromatic N) is 1. The van der Waals surface area contributed by atoms with E-state index in [-0.39, 0.29) is 5.78 Å². The van der Waals surface area contributed by atoms with Crippen molar-refractivity contribution >= 4 is 23.1 Å². The summed E-state index contributed by atoms with van der Waals surface area (Å²) in [4.78, 5) is 15.8. The van der Waals surface area contributed by atoms with E-state index in [1.165, 1.54) is 0 Å². The van der Waals surface area contributed by atoms with Crippen LogP contribution in [0.3, 0.4) is 0 Å². The smallest absolute Gasteiger partial charge is 0.141 e. The van der Waals surface area contributed by atoms with Crippen molar-refractivity contribution in [2.45, 2.75) is 12.8 Å². The highest BCUT2D eigenvalue weighted by Crippen LogP contribution is 2.15. The minimum Gasteiger partial charge on any atom is -0.399 e. The molecule has 0 bridgehead atoms. The molecule has 1 aromatic heterocycles. The lowest BCUT2D eigenvalue weighted by Gasteiger charge is -2.04. The Balaban J connectivity index is 2.03. The van der Waals surface area contributed by atoms with Gasteiger partial charge in [-0.2, -0.15) is 0 Å². The minimum absolute atomic E-state index is 0.105. The Labute approximate surface area is 111 Å². The molecule has 0 aliphatic heterocycles. The van der Waals surface area contributed by atoms with Crippen LogP contribution in [0.5, 0.6) is 0 Å². The molecular weight excluding hydrogens is 248 g/mol. The zero-order chi connectivity index (χ0) is 13.0. The van der Waals surface area contributed by atoms with Crippen molar-refractivity contribution in [1.29, 1.82) is 0 Å². The van der Waals surface area contributed by atoms with Gasteiger partial charge in [0.05, 0.1) is 5.02 Å². The number of hydrogen-bond acceptors (Lipinski definition) is 3. The first-order valence-corrected chi connectivity index (χ1v) is 5.97. The Morgan fingerprint density at radius 1 is 1.28 bits per heavy atom. The van der Waals surface area contributed by atoms with Gasteiger partial charge in [0.1, 0.15) is 5.78 Å². The van der Waals surface area contributed by atoms with Crippen LogP contribution >= 0.6 is 11.6 Å². The molecule has 3 nitrogen and oxygen atoms in total. The summed E-state index contributed by atoms with van der Waals surface area (Å²) < 4.78 is 0. The lowest BCUT2D eigenvalue weighted by molar-refractivity contribution is -0.117. The fraction of sp³-hybridized carbons (Fsp3) is 0.143. The molecule has 0 saturated carbocycles. The van der Waals surface area contributed by atoms with E-state index >= 15 is 0 Å². The first-order valence-electron chi connectivity index (χ1n) is 5.59. The van der Waals surface area contributed by atoms with E-state index in [1.807, 2.05) is 18.2 Å². The summed E-state index contributed by atoms with van der Waals surface area (Å²) in [6.07, 6.45) is 3.86. The number of carbonyl (C=O) groups is 1. The molecule has 2 rings (SSSR count). The quantitative estimate of drug-likeness (QED) is 0.860. The molecule has 18 heavy (non-hydrogen) atoms. The molecule has 0 fully saturated rings. The summed E-state index contributed by atoms with van der Waals surface area (Å²) in [5.41, 5.74) is 8.07. The molecule has 92 valence electrons. The molecule has 4 heteroatoms. The Bertz CT molecular complexity index is 569. The zero-order valence-corrected chi connectivity index (χ0v) is 10.5. The van der Waals surface area contributed by atoms with Crippen molar-refractivity contribution in [1.82, 2.24) is 4.98 Å². The second-order valence-electron chi connectivity index (χ2n) is 4.10. The molecule has 0 atom stereocenters. The number of aromatic nitrogens is 1. The van der Waals surface area contributed by atoms with Crippen LogP contribution < -0.4 is 5.73 Å². The normalized spacial score (nSPS) is 10.3. The number of Topliss-reactive ketones (excluding diaryl/α,β-unsaturated/α-hetero) is 1. The van der Waals surface area contributed by atoms with Gasteiger partial charge < -0.3 is 5.73 Å². The van der Waals surface area contributed by atoms with Crippen LogP contribution in [0.1, 0.15) is 11.1 Å². The molecule has 1 heterocycles. The van der Waals surface area contributed by atoms with E-state index in [0.717, 1.165) is 11.1 Å². The van der Waals surface area contributed by atoms with Crippen LogP contribution in [0.25, 0.3) is 0 Å². The van der Waals surface area contributed by atoms with Gasteiger partial charge in [0.2, 0.25) is 0 Å². The van der Waals surface area contributed by atoms with Crippen LogP contribution in [0.15, 0.2) is 42.7 Å². The number of pyridine rings is 1. The summed E-state index contributed by atoms with van der Waals surface area (Å²) in [5.74, 6) is 0.105. The highest BCUT2D eigenvalue weighted by atomic mass is 35.5. The van der Waals surface area contributed by atoms with Crippen molar-refractivity contribution in [3.63, 3.8) is 0 Å². The van der Waals surface area contributed by atoms with Crippen molar-refractivity contribution in [3.8, 4) is 0 Å². The van der Waals surface area contributed by atoms with E-state index in [1.54, 1.807) is 24.5 Å². The number of hydrogen-bond donors (Lipinski definition) is 1. The molecule has 0 unspecified atom stereocenters. The summed E-state index contributed by atoms with van der Waals surface area (Å²) in [6, 6.07) is 9.11. The van der Waals surface area contributed by atoms with Crippen LogP contribution in [0.4, 0.5) is 5.69 Å². The monoisotopic (exact) mass is 260 g/mol. The van der Waals surface area contributed by atoms with E-state index in [2.05, 4.69) is 4.98 Å². The highest BCUT2D eigenvalue weighted by molar-refractivity contribution is 6.31. The summed E-state index contributed by atoms with van der Waals surface area (Å²) in [6.45, 7) is 0. The van der Waals surface area contributed by atoms with E-state index < -0.39 is 0 Å². The molecule has 0 aliphatic rings. The van der Waals surface area contributed by atoms with Crippen molar-refractivity contribution in [2.75, 3.05) is 5.73 Å². The van der Waals surface area contributed by atoms with Gasteiger partial charge in [0.15, 0.2) is 0 Å². The highest BCUT2D eigenvalue weighted by Gasteiger charge is 2.08. The SMILES string of the molecule is Nc1cccc(CC(=O)Cc2ccncc2Cl)c1. The van der Waals surface area contributed by atoms with Gasteiger partial charge in [-0.1, -0.05) is 23.7 Å². The van der Waals surface area contributed by atoms with Crippen molar-refractivity contribution in [2.24, 2.45) is 0 Å². The maximum atomic E-state index is 11.9. The third kappa shape index (κ3) is 3.31. The van der Waals surface area contributed by atoms with Crippen molar-refractivity contribution in [3.05, 3.63) is 58.9 Å². The second kappa shape index (κ2) is 5.65. The predicted octanol–water partition coefficient (Wildman–Crippen LogP) is 2.67. The number of nitrogen functional groups attached to an aromatic ring is 1. The standard InChI is InChI=1S/C14H13ClN2O/c15-14-9-17-5-4-11(14)8-13(18)7-10-2-1-3-12(16)6-10/h1-6,9H,7-8,16H2. The van der Waals surface area contributed by atoms with Crippen molar-refractivity contribution < 1.29 is 4.79 Å². The topological polar surface area (TPSA) is 56.0 Å². The molecule has 0 amide bonds. The lowest BCUT2D eigenvalue weighted by Crippen LogP contribution is -2.07. The van der Waals surface area contributed by atoms with E-state index in [4.69, 9.17) is 17.3 Å². The number of benzene rings is 1. The second-order valence-corrected chi connectivity index (χ2v) is 4.51. The largest absolute Gasteiger partial charge is 0.399 e. The molecule has 0 aliphatic carbocycles. The van der Waals surface area contributed by atoms with Crippen LogP contribution in [0, 0.1) is 0 Å². The first kappa shape index (κ1) is 12.6. The van der Waals surface area contributed by atoms with Gasteiger partial charge in [0, 0.05) is 30.9 Å². The fourth-order valence-corrected chi connectivity index (χ4v) is 1.94. The van der Waals surface area contributed by atoms with Gasteiger partial charge in [-0.15, -0.1) is 0 Å².